The van der Waals surface area contributed by atoms with Crippen LogP contribution < -0.4 is 5.32 Å². The van der Waals surface area contributed by atoms with Crippen LogP contribution >= 0.6 is 0 Å². The van der Waals surface area contributed by atoms with Crippen LogP contribution in [0.25, 0.3) is 11.6 Å². The summed E-state index contributed by atoms with van der Waals surface area (Å²) in [6, 6.07) is 4.60. The molecule has 0 spiro atoms. The molecular weight excluding hydrogens is 244 g/mol. The lowest BCUT2D eigenvalue weighted by atomic mass is 10.1. The average molecular weight is 262 g/mol. The van der Waals surface area contributed by atoms with Crippen LogP contribution in [0.15, 0.2) is 27.3 Å². The van der Waals surface area contributed by atoms with E-state index in [0.717, 1.165) is 13.1 Å². The van der Waals surface area contributed by atoms with Gasteiger partial charge in [0, 0.05) is 25.2 Å². The van der Waals surface area contributed by atoms with Crippen LogP contribution in [0.4, 0.5) is 0 Å². The van der Waals surface area contributed by atoms with Crippen molar-refractivity contribution in [2.24, 2.45) is 0 Å². The lowest BCUT2D eigenvalue weighted by molar-refractivity contribution is 0.149. The summed E-state index contributed by atoms with van der Waals surface area (Å²) in [7, 11) is 0. The summed E-state index contributed by atoms with van der Waals surface area (Å²) in [5.41, 5.74) is 0. The Hall–Kier alpha value is -1.66. The molecule has 1 aliphatic heterocycles. The molecule has 3 heterocycles. The number of hydrogen-bond acceptors (Lipinski definition) is 6. The molecule has 2 atom stereocenters. The van der Waals surface area contributed by atoms with Crippen LogP contribution in [0, 0.1) is 0 Å². The van der Waals surface area contributed by atoms with Gasteiger partial charge in [0.1, 0.15) is 0 Å². The third-order valence-electron chi connectivity index (χ3n) is 3.20. The maximum absolute atomic E-state index is 5.28. The Morgan fingerprint density at radius 3 is 2.84 bits per heavy atom. The highest BCUT2D eigenvalue weighted by atomic mass is 16.5. The van der Waals surface area contributed by atoms with Crippen molar-refractivity contribution in [3.05, 3.63) is 24.3 Å². The van der Waals surface area contributed by atoms with E-state index in [1.54, 1.807) is 6.26 Å². The first-order chi connectivity index (χ1) is 9.20. The quantitative estimate of drug-likeness (QED) is 0.904. The zero-order chi connectivity index (χ0) is 13.2. The molecule has 0 aliphatic carbocycles. The van der Waals surface area contributed by atoms with Crippen LogP contribution in [0.3, 0.4) is 0 Å². The van der Waals surface area contributed by atoms with Crippen LogP contribution in [-0.4, -0.2) is 40.2 Å². The highest BCUT2D eigenvalue weighted by Crippen LogP contribution is 2.17. The average Bonchev–Trinajstić information content (AvgIpc) is 2.96. The molecule has 0 amide bonds. The molecular formula is C13H18N4O2. The summed E-state index contributed by atoms with van der Waals surface area (Å²) in [5, 5.41) is 7.44. The fourth-order valence-electron chi connectivity index (χ4n) is 2.59. The Morgan fingerprint density at radius 2 is 2.16 bits per heavy atom. The van der Waals surface area contributed by atoms with E-state index in [1.165, 1.54) is 0 Å². The second-order valence-electron chi connectivity index (χ2n) is 5.15. The summed E-state index contributed by atoms with van der Waals surface area (Å²) in [6.07, 6.45) is 1.60. The molecule has 3 rings (SSSR count). The minimum absolute atomic E-state index is 0.483. The standard InChI is InChI=1S/C13H18N4O2/c1-9-6-17(7-10(2)14-9)8-12-15-13(16-19-12)11-4-3-5-18-11/h3-5,9-10,14H,6-8H2,1-2H3. The van der Waals surface area contributed by atoms with Gasteiger partial charge in [-0.2, -0.15) is 4.98 Å². The van der Waals surface area contributed by atoms with Gasteiger partial charge in [-0.3, -0.25) is 4.90 Å². The van der Waals surface area contributed by atoms with Crippen molar-refractivity contribution in [2.75, 3.05) is 13.1 Å². The van der Waals surface area contributed by atoms with E-state index in [0.29, 0.717) is 36.1 Å². The molecule has 0 saturated carbocycles. The molecule has 6 heteroatoms. The molecule has 2 unspecified atom stereocenters. The van der Waals surface area contributed by atoms with Crippen molar-refractivity contribution in [3.8, 4) is 11.6 Å². The summed E-state index contributed by atoms with van der Waals surface area (Å²) in [6.45, 7) is 7.03. The van der Waals surface area contributed by atoms with E-state index in [-0.39, 0.29) is 0 Å². The van der Waals surface area contributed by atoms with Gasteiger partial charge in [-0.25, -0.2) is 0 Å². The van der Waals surface area contributed by atoms with Crippen molar-refractivity contribution in [1.82, 2.24) is 20.4 Å². The summed E-state index contributed by atoms with van der Waals surface area (Å²) < 4.78 is 10.5. The van der Waals surface area contributed by atoms with Crippen molar-refractivity contribution in [2.45, 2.75) is 32.5 Å². The lowest BCUT2D eigenvalue weighted by Crippen LogP contribution is -2.53. The maximum Gasteiger partial charge on any atom is 0.241 e. The van der Waals surface area contributed by atoms with Crippen molar-refractivity contribution in [1.29, 1.82) is 0 Å². The number of nitrogens with zero attached hydrogens (tertiary/aromatic N) is 3. The minimum Gasteiger partial charge on any atom is -0.461 e. The van der Waals surface area contributed by atoms with Gasteiger partial charge in [0.2, 0.25) is 11.7 Å². The Bertz CT molecular complexity index is 512. The van der Waals surface area contributed by atoms with Gasteiger partial charge in [-0.05, 0) is 26.0 Å². The molecule has 0 radical (unpaired) electrons. The monoisotopic (exact) mass is 262 g/mol. The van der Waals surface area contributed by atoms with Gasteiger partial charge in [-0.1, -0.05) is 5.16 Å². The molecule has 1 aliphatic rings. The second kappa shape index (κ2) is 5.14. The van der Waals surface area contributed by atoms with E-state index in [2.05, 4.69) is 34.2 Å². The number of rotatable bonds is 3. The topological polar surface area (TPSA) is 67.3 Å². The number of hydrogen-bond donors (Lipinski definition) is 1. The van der Waals surface area contributed by atoms with Gasteiger partial charge >= 0.3 is 0 Å². The van der Waals surface area contributed by atoms with Crippen LogP contribution in [0.1, 0.15) is 19.7 Å². The number of piperazine rings is 1. The molecule has 6 nitrogen and oxygen atoms in total. The van der Waals surface area contributed by atoms with Crippen molar-refractivity contribution in [3.63, 3.8) is 0 Å². The first-order valence-electron chi connectivity index (χ1n) is 6.55. The molecule has 0 bridgehead atoms. The summed E-state index contributed by atoms with van der Waals surface area (Å²) in [4.78, 5) is 6.69. The van der Waals surface area contributed by atoms with E-state index in [4.69, 9.17) is 8.94 Å². The smallest absolute Gasteiger partial charge is 0.241 e. The zero-order valence-electron chi connectivity index (χ0n) is 11.2. The maximum atomic E-state index is 5.28. The van der Waals surface area contributed by atoms with Crippen molar-refractivity contribution < 1.29 is 8.94 Å². The fraction of sp³-hybridized carbons (Fsp3) is 0.538. The van der Waals surface area contributed by atoms with E-state index in [9.17, 15) is 0 Å². The van der Waals surface area contributed by atoms with Gasteiger partial charge in [0.15, 0.2) is 5.76 Å². The van der Waals surface area contributed by atoms with Crippen LogP contribution in [-0.2, 0) is 6.54 Å². The molecule has 1 fully saturated rings. The lowest BCUT2D eigenvalue weighted by Gasteiger charge is -2.35. The highest BCUT2D eigenvalue weighted by Gasteiger charge is 2.22. The Morgan fingerprint density at radius 1 is 1.37 bits per heavy atom. The summed E-state index contributed by atoms with van der Waals surface area (Å²) >= 11 is 0. The van der Waals surface area contributed by atoms with Gasteiger partial charge in [-0.15, -0.1) is 0 Å². The number of furan rings is 1. The van der Waals surface area contributed by atoms with E-state index < -0.39 is 0 Å². The van der Waals surface area contributed by atoms with Gasteiger partial charge in [0.05, 0.1) is 12.8 Å². The fourth-order valence-corrected chi connectivity index (χ4v) is 2.59. The van der Waals surface area contributed by atoms with E-state index in [1.807, 2.05) is 12.1 Å². The largest absolute Gasteiger partial charge is 0.461 e. The summed E-state index contributed by atoms with van der Waals surface area (Å²) in [5.74, 6) is 1.78. The predicted octanol–water partition coefficient (Wildman–Crippen LogP) is 1.51. The third kappa shape index (κ3) is 2.85. The van der Waals surface area contributed by atoms with Crippen LogP contribution in [0.2, 0.25) is 0 Å². The van der Waals surface area contributed by atoms with Crippen LogP contribution in [0.5, 0.6) is 0 Å². The van der Waals surface area contributed by atoms with E-state index >= 15 is 0 Å². The zero-order valence-corrected chi connectivity index (χ0v) is 11.2. The molecule has 1 N–H and O–H groups in total. The van der Waals surface area contributed by atoms with Crippen molar-refractivity contribution >= 4 is 0 Å². The normalized spacial score (nSPS) is 24.7. The number of aromatic nitrogens is 2. The minimum atomic E-state index is 0.483. The Balaban J connectivity index is 1.67. The molecule has 0 aromatic carbocycles. The Kier molecular flexibility index (Phi) is 3.35. The second-order valence-corrected chi connectivity index (χ2v) is 5.15. The first-order valence-corrected chi connectivity index (χ1v) is 6.55. The highest BCUT2D eigenvalue weighted by molar-refractivity contribution is 5.44. The molecule has 2 aromatic rings. The SMILES string of the molecule is CC1CN(Cc2nc(-c3ccco3)no2)CC(C)N1. The third-order valence-corrected chi connectivity index (χ3v) is 3.20. The molecule has 2 aromatic heterocycles. The molecule has 1 saturated heterocycles. The number of nitrogens with one attached hydrogen (secondary N) is 1. The predicted molar refractivity (Wildman–Crippen MR) is 69.3 cm³/mol. The molecule has 19 heavy (non-hydrogen) atoms. The Labute approximate surface area is 111 Å². The molecule has 102 valence electrons. The van der Waals surface area contributed by atoms with Gasteiger partial charge < -0.3 is 14.3 Å². The first kappa shape index (κ1) is 12.4. The van der Waals surface area contributed by atoms with Gasteiger partial charge in [0.25, 0.3) is 0 Å².